The predicted octanol–water partition coefficient (Wildman–Crippen LogP) is 2.23. The fraction of sp³-hybridized carbons (Fsp3) is 0.750. The van der Waals surface area contributed by atoms with Gasteiger partial charge in [0.1, 0.15) is 6.61 Å². The molecule has 0 heterocycles. The van der Waals surface area contributed by atoms with Gasteiger partial charge in [-0.25, -0.2) is 0 Å². The van der Waals surface area contributed by atoms with Crippen LogP contribution in [0.5, 0.6) is 0 Å². The van der Waals surface area contributed by atoms with E-state index in [9.17, 15) is 4.79 Å². The molecule has 0 atom stereocenters. The van der Waals surface area contributed by atoms with Crippen molar-refractivity contribution in [3.63, 3.8) is 0 Å². The lowest BCUT2D eigenvalue weighted by atomic mass is 10.2. The van der Waals surface area contributed by atoms with Crippen LogP contribution in [-0.2, 0) is 9.53 Å². The summed E-state index contributed by atoms with van der Waals surface area (Å²) in [5.41, 5.74) is 0. The van der Waals surface area contributed by atoms with Crippen LogP contribution in [0.2, 0.25) is 0 Å². The largest absolute Gasteiger partial charge is 0.461 e. The molecule has 0 N–H and O–H groups in total. The van der Waals surface area contributed by atoms with E-state index in [1.165, 1.54) is 19.3 Å². The molecule has 0 saturated heterocycles. The molecule has 0 bridgehead atoms. The molecule has 0 aliphatic heterocycles. The van der Waals surface area contributed by atoms with Gasteiger partial charge in [-0.15, -0.1) is 0 Å². The number of nitrogens with zero attached hydrogens (tertiary/aromatic N) is 1. The minimum atomic E-state index is -0.141. The van der Waals surface area contributed by atoms with E-state index < -0.39 is 0 Å². The molecule has 0 aromatic rings. The molecule has 0 saturated carbocycles. The van der Waals surface area contributed by atoms with Crippen molar-refractivity contribution in [2.24, 2.45) is 0 Å². The fourth-order valence-corrected chi connectivity index (χ4v) is 1.25. The van der Waals surface area contributed by atoms with Gasteiger partial charge in [0.25, 0.3) is 0 Å². The van der Waals surface area contributed by atoms with Crippen molar-refractivity contribution in [3.05, 3.63) is 12.7 Å². The average molecular weight is 213 g/mol. The van der Waals surface area contributed by atoms with E-state index in [-0.39, 0.29) is 5.97 Å². The molecule has 0 aromatic carbocycles. The van der Waals surface area contributed by atoms with Gasteiger partial charge in [-0.05, 0) is 20.0 Å². The van der Waals surface area contributed by atoms with Crippen LogP contribution in [0.1, 0.15) is 32.6 Å². The topological polar surface area (TPSA) is 29.5 Å². The van der Waals surface area contributed by atoms with Crippen molar-refractivity contribution in [2.75, 3.05) is 26.7 Å². The third kappa shape index (κ3) is 9.47. The van der Waals surface area contributed by atoms with E-state index in [4.69, 9.17) is 4.74 Å². The second-order valence-corrected chi connectivity index (χ2v) is 3.73. The van der Waals surface area contributed by atoms with Crippen molar-refractivity contribution in [2.45, 2.75) is 32.6 Å². The fourth-order valence-electron chi connectivity index (χ4n) is 1.25. The number of ether oxygens (including phenoxy) is 1. The highest BCUT2D eigenvalue weighted by molar-refractivity contribution is 5.69. The summed E-state index contributed by atoms with van der Waals surface area (Å²) in [6.07, 6.45) is 5.74. The standard InChI is InChI=1S/C12H23NO2/c1-4-6-7-9-13(3)10-8-12(14)15-11-5-2/h5H,2,4,6-11H2,1,3H3. The summed E-state index contributed by atoms with van der Waals surface area (Å²) in [5.74, 6) is -0.141. The molecule has 0 rings (SSSR count). The Balaban J connectivity index is 3.39. The van der Waals surface area contributed by atoms with Crippen molar-refractivity contribution >= 4 is 5.97 Å². The number of carbonyl (C=O) groups excluding carboxylic acids is 1. The molecule has 0 aliphatic rings. The normalized spacial score (nSPS) is 10.3. The minimum absolute atomic E-state index is 0.141. The maximum atomic E-state index is 11.1. The Morgan fingerprint density at radius 1 is 1.40 bits per heavy atom. The van der Waals surface area contributed by atoms with Gasteiger partial charge in [-0.1, -0.05) is 32.4 Å². The minimum Gasteiger partial charge on any atom is -0.461 e. The zero-order chi connectivity index (χ0) is 11.5. The van der Waals surface area contributed by atoms with Crippen LogP contribution >= 0.6 is 0 Å². The van der Waals surface area contributed by atoms with Crippen molar-refractivity contribution in [1.29, 1.82) is 0 Å². The van der Waals surface area contributed by atoms with Gasteiger partial charge in [0.2, 0.25) is 0 Å². The van der Waals surface area contributed by atoms with Gasteiger partial charge in [0, 0.05) is 6.54 Å². The number of rotatable bonds is 9. The Bertz CT molecular complexity index is 180. The van der Waals surface area contributed by atoms with Gasteiger partial charge in [0.15, 0.2) is 0 Å². The zero-order valence-corrected chi connectivity index (χ0v) is 10.00. The van der Waals surface area contributed by atoms with Crippen molar-refractivity contribution < 1.29 is 9.53 Å². The Morgan fingerprint density at radius 3 is 2.73 bits per heavy atom. The Morgan fingerprint density at radius 2 is 2.13 bits per heavy atom. The number of hydrogen-bond acceptors (Lipinski definition) is 3. The molecular weight excluding hydrogens is 190 g/mol. The summed E-state index contributed by atoms with van der Waals surface area (Å²) in [4.78, 5) is 13.3. The summed E-state index contributed by atoms with van der Waals surface area (Å²) in [5, 5.41) is 0. The lowest BCUT2D eigenvalue weighted by molar-refractivity contribution is -0.142. The monoisotopic (exact) mass is 213 g/mol. The van der Waals surface area contributed by atoms with E-state index >= 15 is 0 Å². The first-order chi connectivity index (χ1) is 7.20. The maximum Gasteiger partial charge on any atom is 0.307 e. The van der Waals surface area contributed by atoms with Gasteiger partial charge in [-0.3, -0.25) is 4.79 Å². The van der Waals surface area contributed by atoms with Crippen LogP contribution in [0.25, 0.3) is 0 Å². The Hall–Kier alpha value is -0.830. The highest BCUT2D eigenvalue weighted by Crippen LogP contribution is 1.97. The van der Waals surface area contributed by atoms with Crippen molar-refractivity contribution in [3.8, 4) is 0 Å². The molecule has 0 unspecified atom stereocenters. The average Bonchev–Trinajstić information content (AvgIpc) is 2.24. The van der Waals surface area contributed by atoms with Gasteiger partial charge in [-0.2, -0.15) is 0 Å². The van der Waals surface area contributed by atoms with Crippen LogP contribution in [0.15, 0.2) is 12.7 Å². The van der Waals surface area contributed by atoms with Gasteiger partial charge >= 0.3 is 5.97 Å². The highest BCUT2D eigenvalue weighted by Gasteiger charge is 2.04. The summed E-state index contributed by atoms with van der Waals surface area (Å²) in [7, 11) is 2.04. The Labute approximate surface area is 93.1 Å². The summed E-state index contributed by atoms with van der Waals surface area (Å²) in [6.45, 7) is 7.83. The lowest BCUT2D eigenvalue weighted by Crippen LogP contribution is -2.23. The van der Waals surface area contributed by atoms with E-state index in [2.05, 4.69) is 18.4 Å². The number of hydrogen-bond donors (Lipinski definition) is 0. The van der Waals surface area contributed by atoms with E-state index in [1.807, 2.05) is 7.05 Å². The molecule has 0 fully saturated rings. The van der Waals surface area contributed by atoms with E-state index in [1.54, 1.807) is 6.08 Å². The van der Waals surface area contributed by atoms with Crippen molar-refractivity contribution in [1.82, 2.24) is 4.90 Å². The summed E-state index contributed by atoms with van der Waals surface area (Å²) >= 11 is 0. The SMILES string of the molecule is C=CCOC(=O)CCN(C)CCCCC. The Kier molecular flexibility index (Phi) is 9.18. The second-order valence-electron chi connectivity index (χ2n) is 3.73. The number of carbonyl (C=O) groups is 1. The first kappa shape index (κ1) is 14.2. The first-order valence-electron chi connectivity index (χ1n) is 5.65. The molecule has 0 aliphatic carbocycles. The number of unbranched alkanes of at least 4 members (excludes halogenated alkanes) is 2. The smallest absolute Gasteiger partial charge is 0.307 e. The van der Waals surface area contributed by atoms with Crippen LogP contribution in [0.4, 0.5) is 0 Å². The highest BCUT2D eigenvalue weighted by atomic mass is 16.5. The summed E-state index contributed by atoms with van der Waals surface area (Å²) < 4.78 is 4.88. The molecule has 88 valence electrons. The first-order valence-corrected chi connectivity index (χ1v) is 5.65. The maximum absolute atomic E-state index is 11.1. The van der Waals surface area contributed by atoms with Crippen LogP contribution < -0.4 is 0 Å². The zero-order valence-electron chi connectivity index (χ0n) is 10.00. The predicted molar refractivity (Wildman–Crippen MR) is 62.8 cm³/mol. The van der Waals surface area contributed by atoms with E-state index in [0.29, 0.717) is 13.0 Å². The summed E-state index contributed by atoms with van der Waals surface area (Å²) in [6, 6.07) is 0. The third-order valence-corrected chi connectivity index (χ3v) is 2.20. The molecule has 15 heavy (non-hydrogen) atoms. The van der Waals surface area contributed by atoms with Gasteiger partial charge in [0.05, 0.1) is 6.42 Å². The molecule has 0 radical (unpaired) electrons. The molecule has 0 aromatic heterocycles. The molecule has 3 nitrogen and oxygen atoms in total. The molecule has 0 spiro atoms. The van der Waals surface area contributed by atoms with Crippen LogP contribution in [0, 0.1) is 0 Å². The quantitative estimate of drug-likeness (QED) is 0.334. The third-order valence-electron chi connectivity index (χ3n) is 2.20. The van der Waals surface area contributed by atoms with Crippen LogP contribution in [-0.4, -0.2) is 37.6 Å². The molecule has 3 heteroatoms. The van der Waals surface area contributed by atoms with E-state index in [0.717, 1.165) is 13.1 Å². The lowest BCUT2D eigenvalue weighted by Gasteiger charge is -2.15. The second kappa shape index (κ2) is 9.71. The molecular formula is C12H23NO2. The van der Waals surface area contributed by atoms with Gasteiger partial charge < -0.3 is 9.64 Å². The molecule has 0 amide bonds. The van der Waals surface area contributed by atoms with Crippen LogP contribution in [0.3, 0.4) is 0 Å². The number of esters is 1.